The van der Waals surface area contributed by atoms with Gasteiger partial charge in [0.2, 0.25) is 5.78 Å². The van der Waals surface area contributed by atoms with Crippen molar-refractivity contribution in [3.8, 4) is 0 Å². The Morgan fingerprint density at radius 3 is 2.20 bits per heavy atom. The van der Waals surface area contributed by atoms with Gasteiger partial charge in [-0.1, -0.05) is 11.9 Å². The number of benzene rings is 1. The normalized spacial score (nSPS) is 7.87. The van der Waals surface area contributed by atoms with Gasteiger partial charge in [-0.3, -0.25) is 4.79 Å². The maximum Gasteiger partial charge on any atom is 1.00 e. The minimum atomic E-state index is -1.34. The summed E-state index contributed by atoms with van der Waals surface area (Å²) in [5, 5.41) is 8.50. The van der Waals surface area contributed by atoms with Crippen LogP contribution >= 0.6 is 11.6 Å². The van der Waals surface area contributed by atoms with Crippen LogP contribution in [0.3, 0.4) is 0 Å². The number of hydrogen-bond acceptors (Lipinski definition) is 2. The van der Waals surface area contributed by atoms with Gasteiger partial charge < -0.3 is 5.11 Å². The summed E-state index contributed by atoms with van der Waals surface area (Å²) in [6, 6.07) is 10.1. The summed E-state index contributed by atoms with van der Waals surface area (Å²) in [4.78, 5) is 19.5. The molecule has 5 heteroatoms. The number of carboxylic acids is 1. The Bertz CT molecular complexity index is 301. The Morgan fingerprint density at radius 1 is 1.47 bits per heavy atom. The number of rotatable bonds is 2. The van der Waals surface area contributed by atoms with E-state index in [2.05, 4.69) is 6.07 Å². The number of carboxylic acid groups (broad SMARTS) is 1. The van der Waals surface area contributed by atoms with Crippen molar-refractivity contribution in [1.82, 2.24) is 0 Å². The summed E-state index contributed by atoms with van der Waals surface area (Å²) in [6.45, 7) is 1.51. The van der Waals surface area contributed by atoms with E-state index >= 15 is 0 Å². The molecule has 0 heterocycles. The van der Waals surface area contributed by atoms with Crippen LogP contribution in [-0.4, -0.2) is 16.9 Å². The molecular weight excluding hydrogens is 227 g/mol. The molecule has 15 heavy (non-hydrogen) atoms. The molecule has 0 fully saturated rings. The molecule has 0 saturated carbocycles. The van der Waals surface area contributed by atoms with E-state index in [-0.39, 0.29) is 36.0 Å². The largest absolute Gasteiger partial charge is 1.00 e. The molecule has 0 aliphatic heterocycles. The van der Waals surface area contributed by atoms with Crippen molar-refractivity contribution in [3.05, 3.63) is 35.4 Å². The molecule has 0 spiro atoms. The molecule has 1 aromatic rings. The van der Waals surface area contributed by atoms with Gasteiger partial charge in [0, 0.05) is 6.42 Å². The predicted molar refractivity (Wildman–Crippen MR) is 53.2 cm³/mol. The molecule has 3 nitrogen and oxygen atoms in total. The van der Waals surface area contributed by atoms with Crippen molar-refractivity contribution in [2.75, 3.05) is 0 Å². The fourth-order valence-corrected chi connectivity index (χ4v) is 0.658. The van der Waals surface area contributed by atoms with Crippen LogP contribution in [0, 0.1) is 6.07 Å². The second kappa shape index (κ2) is 10.2. The molecule has 0 amide bonds. The Hall–Kier alpha value is -0.350. The number of carbonyl (C=O) groups is 2. The molecule has 1 rings (SSSR count). The summed E-state index contributed by atoms with van der Waals surface area (Å²) < 4.78 is 0. The number of hydrogen-bond donors (Lipinski definition) is 1. The maximum atomic E-state index is 9.91. The summed E-state index contributed by atoms with van der Waals surface area (Å²) in [5.41, 5.74) is 0. The van der Waals surface area contributed by atoms with E-state index < -0.39 is 11.8 Å². The van der Waals surface area contributed by atoms with Crippen LogP contribution < -0.4 is 29.6 Å². The monoisotopic (exact) mass is 236 g/mol. The van der Waals surface area contributed by atoms with E-state index in [1.165, 1.54) is 6.92 Å². The molecule has 0 aromatic heterocycles. The van der Waals surface area contributed by atoms with E-state index in [0.29, 0.717) is 5.02 Å². The van der Waals surface area contributed by atoms with Crippen LogP contribution in [0.2, 0.25) is 5.02 Å². The molecular formula is C10H10ClNaO3. The standard InChI is InChI=1S/C6H4Cl.C4H6O3.Na/c7-6-4-2-1-3-5-6;1-2-3(5)4(6)7;/h1-4H;2H2,1H3,(H,6,7);/q-1;;+1. The summed E-state index contributed by atoms with van der Waals surface area (Å²) in [7, 11) is 0. The minimum absolute atomic E-state index is 0. The van der Waals surface area contributed by atoms with Crippen molar-refractivity contribution in [2.45, 2.75) is 13.3 Å². The second-order valence-corrected chi connectivity index (χ2v) is 2.70. The van der Waals surface area contributed by atoms with Gasteiger partial charge in [0.05, 0.1) is 0 Å². The van der Waals surface area contributed by atoms with Gasteiger partial charge >= 0.3 is 35.5 Å². The SMILES string of the molecule is CCC(=O)C(=O)O.Clc1[c-]cccc1.[Na+]. The third-order valence-electron chi connectivity index (χ3n) is 1.23. The van der Waals surface area contributed by atoms with Crippen molar-refractivity contribution in [1.29, 1.82) is 0 Å². The molecule has 1 aromatic carbocycles. The quantitative estimate of drug-likeness (QED) is 0.415. The van der Waals surface area contributed by atoms with E-state index in [1.54, 1.807) is 12.1 Å². The fourth-order valence-electron chi connectivity index (χ4n) is 0.523. The van der Waals surface area contributed by atoms with E-state index in [9.17, 15) is 9.59 Å². The third-order valence-corrected chi connectivity index (χ3v) is 1.47. The first-order valence-corrected chi connectivity index (χ1v) is 4.34. The number of aliphatic carboxylic acids is 1. The Kier molecular flexibility index (Phi) is 11.6. The first kappa shape index (κ1) is 17.1. The summed E-state index contributed by atoms with van der Waals surface area (Å²) >= 11 is 5.48. The van der Waals surface area contributed by atoms with Gasteiger partial charge in [-0.15, -0.1) is 11.6 Å². The predicted octanol–water partition coefficient (Wildman–Crippen LogP) is -0.806. The molecule has 0 unspecified atom stereocenters. The van der Waals surface area contributed by atoms with Crippen LogP contribution in [-0.2, 0) is 9.59 Å². The summed E-state index contributed by atoms with van der Waals surface area (Å²) in [5.74, 6) is -2.08. The molecule has 0 atom stereocenters. The van der Waals surface area contributed by atoms with Crippen molar-refractivity contribution in [2.24, 2.45) is 0 Å². The van der Waals surface area contributed by atoms with Crippen molar-refractivity contribution in [3.63, 3.8) is 0 Å². The first-order chi connectivity index (χ1) is 6.57. The van der Waals surface area contributed by atoms with Crippen LogP contribution in [0.5, 0.6) is 0 Å². The number of halogens is 1. The Balaban J connectivity index is 0. The second-order valence-electron chi connectivity index (χ2n) is 2.29. The molecule has 76 valence electrons. The van der Waals surface area contributed by atoms with Gasteiger partial charge in [-0.25, -0.2) is 4.79 Å². The molecule has 0 saturated heterocycles. The van der Waals surface area contributed by atoms with Crippen molar-refractivity contribution >= 4 is 23.4 Å². The third kappa shape index (κ3) is 9.94. The zero-order valence-corrected chi connectivity index (χ0v) is 11.4. The summed E-state index contributed by atoms with van der Waals surface area (Å²) in [6.07, 6.45) is 0.0787. The topological polar surface area (TPSA) is 54.4 Å². The van der Waals surface area contributed by atoms with Gasteiger partial charge in [-0.2, -0.15) is 30.3 Å². The minimum Gasteiger partial charge on any atom is -0.476 e. The van der Waals surface area contributed by atoms with Gasteiger partial charge in [-0.05, 0) is 0 Å². The number of Topliss-reactive ketones (excluding diaryl/α,β-unsaturated/α-hetero) is 1. The van der Waals surface area contributed by atoms with Gasteiger partial charge in [0.25, 0.3) is 0 Å². The van der Waals surface area contributed by atoms with Gasteiger partial charge in [0.1, 0.15) is 0 Å². The smallest absolute Gasteiger partial charge is 0.476 e. The molecule has 0 radical (unpaired) electrons. The zero-order valence-electron chi connectivity index (χ0n) is 8.66. The average Bonchev–Trinajstić information content (AvgIpc) is 2.18. The van der Waals surface area contributed by atoms with Crippen LogP contribution in [0.15, 0.2) is 24.3 Å². The van der Waals surface area contributed by atoms with E-state index in [4.69, 9.17) is 16.7 Å². The Morgan fingerprint density at radius 2 is 2.07 bits per heavy atom. The fraction of sp³-hybridized carbons (Fsp3) is 0.200. The number of carbonyl (C=O) groups excluding carboxylic acids is 1. The molecule has 1 N–H and O–H groups in total. The molecule has 0 bridgehead atoms. The first-order valence-electron chi connectivity index (χ1n) is 3.96. The van der Waals surface area contributed by atoms with E-state index in [1.807, 2.05) is 12.1 Å². The van der Waals surface area contributed by atoms with Crippen molar-refractivity contribution < 1.29 is 44.3 Å². The molecule has 0 aliphatic carbocycles. The van der Waals surface area contributed by atoms with E-state index in [0.717, 1.165) is 0 Å². The molecule has 0 aliphatic rings. The number of ketones is 1. The Labute approximate surface area is 116 Å². The van der Waals surface area contributed by atoms with Crippen LogP contribution in [0.1, 0.15) is 13.3 Å². The average molecular weight is 237 g/mol. The van der Waals surface area contributed by atoms with Crippen LogP contribution in [0.4, 0.5) is 0 Å². The zero-order chi connectivity index (χ0) is 11.0. The van der Waals surface area contributed by atoms with Gasteiger partial charge in [0.15, 0.2) is 0 Å². The maximum absolute atomic E-state index is 9.91. The van der Waals surface area contributed by atoms with Crippen LogP contribution in [0.25, 0.3) is 0 Å².